The summed E-state index contributed by atoms with van der Waals surface area (Å²) in [5.41, 5.74) is 1.95. The first kappa shape index (κ1) is 13.5. The van der Waals surface area contributed by atoms with Crippen molar-refractivity contribution in [3.63, 3.8) is 0 Å². The van der Waals surface area contributed by atoms with E-state index >= 15 is 0 Å². The molecule has 6 heteroatoms. The highest BCUT2D eigenvalue weighted by Crippen LogP contribution is 2.16. The van der Waals surface area contributed by atoms with Gasteiger partial charge in [-0.05, 0) is 49.4 Å². The van der Waals surface area contributed by atoms with E-state index in [0.717, 1.165) is 17.2 Å². The summed E-state index contributed by atoms with van der Waals surface area (Å²) in [5.74, 6) is 0.760. The second-order valence-corrected chi connectivity index (χ2v) is 4.56. The van der Waals surface area contributed by atoms with Gasteiger partial charge in [-0.15, -0.1) is 5.10 Å². The first-order chi connectivity index (χ1) is 9.11. The Balaban J connectivity index is 2.18. The molecule has 2 unspecified atom stereocenters. The number of aromatic nitrogens is 4. The molecule has 2 aromatic rings. The highest BCUT2D eigenvalue weighted by molar-refractivity contribution is 5.51. The number of benzene rings is 1. The van der Waals surface area contributed by atoms with Gasteiger partial charge in [-0.1, -0.05) is 6.07 Å². The van der Waals surface area contributed by atoms with Crippen LogP contribution in [-0.4, -0.2) is 39.5 Å². The molecular formula is C13H19N5O. The van der Waals surface area contributed by atoms with E-state index in [2.05, 4.69) is 27.8 Å². The topological polar surface area (TPSA) is 64.9 Å². The third kappa shape index (κ3) is 3.08. The van der Waals surface area contributed by atoms with Crippen molar-refractivity contribution in [2.75, 3.05) is 12.4 Å². The van der Waals surface area contributed by atoms with Gasteiger partial charge in [-0.3, -0.25) is 0 Å². The van der Waals surface area contributed by atoms with Gasteiger partial charge in [0.2, 0.25) is 0 Å². The summed E-state index contributed by atoms with van der Waals surface area (Å²) in [6.45, 7) is 5.99. The van der Waals surface area contributed by atoms with Crippen LogP contribution in [0.3, 0.4) is 0 Å². The van der Waals surface area contributed by atoms with Gasteiger partial charge in [0.25, 0.3) is 0 Å². The number of nitrogens with zero attached hydrogens (tertiary/aromatic N) is 4. The van der Waals surface area contributed by atoms with Gasteiger partial charge in [0.05, 0.1) is 11.8 Å². The number of hydrogen-bond donors (Lipinski definition) is 1. The molecule has 102 valence electrons. The quantitative estimate of drug-likeness (QED) is 0.889. The second-order valence-electron chi connectivity index (χ2n) is 4.56. The molecule has 1 N–H and O–H groups in total. The van der Waals surface area contributed by atoms with Crippen LogP contribution in [0.15, 0.2) is 24.3 Å². The number of rotatable bonds is 5. The molecule has 0 aliphatic heterocycles. The average molecular weight is 261 g/mol. The maximum absolute atomic E-state index is 5.31. The van der Waals surface area contributed by atoms with E-state index in [0.29, 0.717) is 0 Å². The Hall–Kier alpha value is -1.95. The van der Waals surface area contributed by atoms with E-state index < -0.39 is 0 Å². The van der Waals surface area contributed by atoms with Gasteiger partial charge in [0.15, 0.2) is 5.82 Å². The molecule has 2 atom stereocenters. The molecule has 0 saturated heterocycles. The lowest BCUT2D eigenvalue weighted by Crippen LogP contribution is -2.29. The molecule has 2 rings (SSSR count). The smallest absolute Gasteiger partial charge is 0.153 e. The second kappa shape index (κ2) is 5.79. The lowest BCUT2D eigenvalue weighted by Gasteiger charge is -2.21. The maximum atomic E-state index is 5.31. The minimum absolute atomic E-state index is 0.137. The number of hydrogen-bond acceptors (Lipinski definition) is 5. The van der Waals surface area contributed by atoms with Gasteiger partial charge in [-0.2, -0.15) is 4.68 Å². The molecule has 0 fully saturated rings. The van der Waals surface area contributed by atoms with Crippen LogP contribution in [0.4, 0.5) is 5.69 Å². The normalized spacial score (nSPS) is 14.1. The summed E-state index contributed by atoms with van der Waals surface area (Å²) in [7, 11) is 1.71. The largest absolute Gasteiger partial charge is 0.380 e. The van der Waals surface area contributed by atoms with Gasteiger partial charge >= 0.3 is 0 Å². The van der Waals surface area contributed by atoms with Crippen LogP contribution in [-0.2, 0) is 4.74 Å². The first-order valence-electron chi connectivity index (χ1n) is 6.26. The fraction of sp³-hybridized carbons (Fsp3) is 0.462. The number of anilines is 1. The standard InChI is InChI=1S/C13H19N5O/c1-9(10(2)19-4)14-12-6-5-7-13(8-12)18-11(3)15-16-17-18/h5-10,14H,1-4H3. The first-order valence-corrected chi connectivity index (χ1v) is 6.26. The minimum atomic E-state index is 0.137. The summed E-state index contributed by atoms with van der Waals surface area (Å²) >= 11 is 0. The average Bonchev–Trinajstić information content (AvgIpc) is 2.84. The highest BCUT2D eigenvalue weighted by Gasteiger charge is 2.11. The van der Waals surface area contributed by atoms with Crippen molar-refractivity contribution < 1.29 is 4.74 Å². The van der Waals surface area contributed by atoms with Crippen molar-refractivity contribution >= 4 is 5.69 Å². The lowest BCUT2D eigenvalue weighted by molar-refractivity contribution is 0.106. The molecule has 1 aromatic heterocycles. The van der Waals surface area contributed by atoms with E-state index in [1.165, 1.54) is 0 Å². The van der Waals surface area contributed by atoms with Gasteiger partial charge in [0, 0.05) is 18.8 Å². The van der Waals surface area contributed by atoms with Crippen molar-refractivity contribution in [2.45, 2.75) is 32.9 Å². The highest BCUT2D eigenvalue weighted by atomic mass is 16.5. The van der Waals surface area contributed by atoms with Crippen molar-refractivity contribution in [1.29, 1.82) is 0 Å². The SMILES string of the molecule is COC(C)C(C)Nc1cccc(-n2nnnc2C)c1. The molecule has 19 heavy (non-hydrogen) atoms. The number of nitrogens with one attached hydrogen (secondary N) is 1. The van der Waals surface area contributed by atoms with Gasteiger partial charge in [-0.25, -0.2) is 0 Å². The summed E-state index contributed by atoms with van der Waals surface area (Å²) < 4.78 is 7.01. The molecule has 6 nitrogen and oxygen atoms in total. The molecular weight excluding hydrogens is 242 g/mol. The van der Waals surface area contributed by atoms with E-state index in [9.17, 15) is 0 Å². The summed E-state index contributed by atoms with van der Waals surface area (Å²) in [6.07, 6.45) is 0.137. The van der Waals surface area contributed by atoms with E-state index in [1.54, 1.807) is 11.8 Å². The summed E-state index contributed by atoms with van der Waals surface area (Å²) in [5, 5.41) is 14.9. The lowest BCUT2D eigenvalue weighted by atomic mass is 10.2. The van der Waals surface area contributed by atoms with Crippen LogP contribution in [0.25, 0.3) is 5.69 Å². The number of methoxy groups -OCH3 is 1. The van der Waals surface area contributed by atoms with Gasteiger partial charge in [0.1, 0.15) is 0 Å². The Labute approximate surface area is 112 Å². The third-order valence-corrected chi connectivity index (χ3v) is 3.19. The number of tetrazole rings is 1. The Morgan fingerprint density at radius 3 is 2.74 bits per heavy atom. The molecule has 0 aliphatic rings. The van der Waals surface area contributed by atoms with Crippen LogP contribution >= 0.6 is 0 Å². The van der Waals surface area contributed by atoms with Gasteiger partial charge < -0.3 is 10.1 Å². The van der Waals surface area contributed by atoms with Crippen LogP contribution in [0.5, 0.6) is 0 Å². The van der Waals surface area contributed by atoms with Crippen molar-refractivity contribution in [2.24, 2.45) is 0 Å². The Bertz CT molecular complexity index is 539. The molecule has 1 aromatic carbocycles. The summed E-state index contributed by atoms with van der Waals surface area (Å²) in [4.78, 5) is 0. The van der Waals surface area contributed by atoms with Crippen LogP contribution < -0.4 is 5.32 Å². The number of aryl methyl sites for hydroxylation is 1. The van der Waals surface area contributed by atoms with E-state index in [1.807, 2.05) is 38.1 Å². The summed E-state index contributed by atoms with van der Waals surface area (Å²) in [6, 6.07) is 8.20. The van der Waals surface area contributed by atoms with Crippen molar-refractivity contribution in [3.8, 4) is 5.69 Å². The predicted octanol–water partition coefficient (Wildman–Crippen LogP) is 1.81. The zero-order chi connectivity index (χ0) is 13.8. The van der Waals surface area contributed by atoms with Crippen molar-refractivity contribution in [3.05, 3.63) is 30.1 Å². The zero-order valence-electron chi connectivity index (χ0n) is 11.7. The monoisotopic (exact) mass is 261 g/mol. The molecule has 0 saturated carbocycles. The molecule has 0 amide bonds. The Morgan fingerprint density at radius 2 is 2.11 bits per heavy atom. The zero-order valence-corrected chi connectivity index (χ0v) is 11.7. The van der Waals surface area contributed by atoms with E-state index in [-0.39, 0.29) is 12.1 Å². The fourth-order valence-electron chi connectivity index (χ4n) is 1.78. The third-order valence-electron chi connectivity index (χ3n) is 3.19. The van der Waals surface area contributed by atoms with Crippen LogP contribution in [0.2, 0.25) is 0 Å². The maximum Gasteiger partial charge on any atom is 0.153 e. The number of ether oxygens (including phenoxy) is 1. The molecule has 0 aliphatic carbocycles. The molecule has 0 radical (unpaired) electrons. The fourth-order valence-corrected chi connectivity index (χ4v) is 1.78. The van der Waals surface area contributed by atoms with Crippen LogP contribution in [0, 0.1) is 6.92 Å². The van der Waals surface area contributed by atoms with Crippen LogP contribution in [0.1, 0.15) is 19.7 Å². The van der Waals surface area contributed by atoms with Crippen molar-refractivity contribution in [1.82, 2.24) is 20.2 Å². The molecule has 0 spiro atoms. The molecule has 1 heterocycles. The Kier molecular flexibility index (Phi) is 4.11. The van der Waals surface area contributed by atoms with E-state index in [4.69, 9.17) is 4.74 Å². The Morgan fingerprint density at radius 1 is 1.32 bits per heavy atom. The minimum Gasteiger partial charge on any atom is -0.380 e. The molecule has 0 bridgehead atoms. The predicted molar refractivity (Wildman–Crippen MR) is 73.4 cm³/mol.